The van der Waals surface area contributed by atoms with Gasteiger partial charge in [0.05, 0.1) is 17.9 Å². The molecular weight excluding hydrogens is 282 g/mol. The Morgan fingerprint density at radius 3 is 2.88 bits per heavy atom. The summed E-state index contributed by atoms with van der Waals surface area (Å²) in [6.45, 7) is 5.64. The second-order valence-electron chi connectivity index (χ2n) is 5.00. The molecule has 0 N–H and O–H groups in total. The number of aromatic nitrogens is 2. The summed E-state index contributed by atoms with van der Waals surface area (Å²) in [7, 11) is 1.98. The smallest absolute Gasteiger partial charge is 0.223 e. The quantitative estimate of drug-likeness (QED) is 0.839. The van der Waals surface area contributed by atoms with E-state index < -0.39 is 0 Å². The summed E-state index contributed by atoms with van der Waals surface area (Å²) in [5.74, 6) is 0.671. The molecule has 1 aromatic rings. The Bertz CT molecular complexity index is 439. The van der Waals surface area contributed by atoms with Gasteiger partial charge in [-0.3, -0.25) is 4.79 Å². The van der Waals surface area contributed by atoms with E-state index in [1.807, 2.05) is 16.5 Å². The van der Waals surface area contributed by atoms with E-state index in [0.29, 0.717) is 18.9 Å². The van der Waals surface area contributed by atoms with Gasteiger partial charge in [-0.2, -0.15) is 0 Å². The Morgan fingerprint density at radius 2 is 2.24 bits per heavy atom. The third kappa shape index (κ3) is 2.54. The number of fused-ring (bicyclic) bond motifs is 1. The Hall–Kier alpha value is -0.840. The van der Waals surface area contributed by atoms with Crippen molar-refractivity contribution >= 4 is 21.8 Å². The first-order chi connectivity index (χ1) is 7.99. The third-order valence-corrected chi connectivity index (χ3v) is 3.85. The summed E-state index contributed by atoms with van der Waals surface area (Å²) in [5.41, 5.74) is 2.27. The van der Waals surface area contributed by atoms with Gasteiger partial charge in [0.1, 0.15) is 0 Å². The van der Waals surface area contributed by atoms with Gasteiger partial charge in [-0.25, -0.2) is 4.98 Å². The average Bonchev–Trinajstić information content (AvgIpc) is 2.54. The van der Waals surface area contributed by atoms with Crippen LogP contribution in [0.3, 0.4) is 0 Å². The number of nitrogens with zero attached hydrogens (tertiary/aromatic N) is 3. The Balaban J connectivity index is 2.13. The van der Waals surface area contributed by atoms with Crippen molar-refractivity contribution in [1.29, 1.82) is 0 Å². The van der Waals surface area contributed by atoms with Crippen LogP contribution in [0.15, 0.2) is 4.73 Å². The molecule has 0 radical (unpaired) electrons. The summed E-state index contributed by atoms with van der Waals surface area (Å²) in [6.07, 6.45) is 1.49. The van der Waals surface area contributed by atoms with Crippen LogP contribution in [0.25, 0.3) is 0 Å². The Morgan fingerprint density at radius 1 is 1.53 bits per heavy atom. The van der Waals surface area contributed by atoms with Crippen molar-refractivity contribution in [2.45, 2.75) is 33.2 Å². The molecule has 0 aromatic carbocycles. The minimum absolute atomic E-state index is 0.253. The lowest BCUT2D eigenvalue weighted by molar-refractivity contribution is -0.133. The second kappa shape index (κ2) is 4.80. The minimum atomic E-state index is 0.253. The molecule has 4 nitrogen and oxygen atoms in total. The van der Waals surface area contributed by atoms with Gasteiger partial charge in [-0.15, -0.1) is 0 Å². The van der Waals surface area contributed by atoms with Crippen molar-refractivity contribution in [3.05, 3.63) is 16.1 Å². The van der Waals surface area contributed by atoms with Crippen LogP contribution < -0.4 is 0 Å². The number of hydrogen-bond acceptors (Lipinski definition) is 2. The average molecular weight is 300 g/mol. The molecule has 0 unspecified atom stereocenters. The first-order valence-corrected chi connectivity index (χ1v) is 6.76. The van der Waals surface area contributed by atoms with Crippen LogP contribution in [0.1, 0.15) is 31.7 Å². The van der Waals surface area contributed by atoms with Crippen molar-refractivity contribution in [3.63, 3.8) is 0 Å². The van der Waals surface area contributed by atoms with Gasteiger partial charge < -0.3 is 9.47 Å². The predicted molar refractivity (Wildman–Crippen MR) is 69.5 cm³/mol. The molecule has 2 heterocycles. The lowest BCUT2D eigenvalue weighted by atomic mass is 10.1. The second-order valence-corrected chi connectivity index (χ2v) is 5.71. The molecule has 17 heavy (non-hydrogen) atoms. The zero-order valence-electron chi connectivity index (χ0n) is 10.5. The van der Waals surface area contributed by atoms with E-state index in [1.54, 1.807) is 0 Å². The highest BCUT2D eigenvalue weighted by Crippen LogP contribution is 2.22. The third-order valence-electron chi connectivity index (χ3n) is 3.14. The van der Waals surface area contributed by atoms with Crippen LogP contribution in [0.5, 0.6) is 0 Å². The van der Waals surface area contributed by atoms with Gasteiger partial charge >= 0.3 is 0 Å². The first-order valence-electron chi connectivity index (χ1n) is 5.96. The van der Waals surface area contributed by atoms with Crippen LogP contribution in [0.2, 0.25) is 0 Å². The number of hydrogen-bond donors (Lipinski definition) is 0. The number of rotatable bonds is 2. The van der Waals surface area contributed by atoms with Crippen molar-refractivity contribution in [3.8, 4) is 0 Å². The molecule has 0 fully saturated rings. The molecule has 1 aliphatic heterocycles. The highest BCUT2D eigenvalue weighted by molar-refractivity contribution is 9.10. The molecule has 0 bridgehead atoms. The van der Waals surface area contributed by atoms with Crippen molar-refractivity contribution in [2.75, 3.05) is 6.54 Å². The molecule has 1 aliphatic rings. The van der Waals surface area contributed by atoms with E-state index in [0.717, 1.165) is 29.1 Å². The summed E-state index contributed by atoms with van der Waals surface area (Å²) in [6, 6.07) is 0. The minimum Gasteiger partial charge on any atom is -0.336 e. The van der Waals surface area contributed by atoms with Gasteiger partial charge in [0.15, 0.2) is 4.73 Å². The Labute approximate surface area is 110 Å². The van der Waals surface area contributed by atoms with Gasteiger partial charge in [0, 0.05) is 26.4 Å². The van der Waals surface area contributed by atoms with E-state index in [9.17, 15) is 4.79 Å². The molecule has 0 saturated carbocycles. The molecule has 0 spiro atoms. The largest absolute Gasteiger partial charge is 0.336 e. The molecule has 1 aromatic heterocycles. The summed E-state index contributed by atoms with van der Waals surface area (Å²) in [4.78, 5) is 18.4. The number of imidazole rings is 1. The van der Waals surface area contributed by atoms with E-state index in [1.165, 1.54) is 0 Å². The maximum absolute atomic E-state index is 12.0. The molecule has 0 atom stereocenters. The van der Waals surface area contributed by atoms with E-state index in [2.05, 4.69) is 34.8 Å². The zero-order chi connectivity index (χ0) is 12.6. The van der Waals surface area contributed by atoms with Crippen LogP contribution in [0.4, 0.5) is 0 Å². The topological polar surface area (TPSA) is 38.1 Å². The molecule has 5 heteroatoms. The van der Waals surface area contributed by atoms with E-state index in [4.69, 9.17) is 0 Å². The van der Waals surface area contributed by atoms with Gasteiger partial charge in [0.2, 0.25) is 5.91 Å². The van der Waals surface area contributed by atoms with Gasteiger partial charge in [-0.1, -0.05) is 13.8 Å². The lowest BCUT2D eigenvalue weighted by Gasteiger charge is -2.27. The number of carbonyl (C=O) groups is 1. The molecule has 0 aliphatic carbocycles. The summed E-state index contributed by atoms with van der Waals surface area (Å²) in [5, 5.41) is 0. The maximum Gasteiger partial charge on any atom is 0.223 e. The number of carbonyl (C=O) groups excluding carboxylic acids is 1. The highest BCUT2D eigenvalue weighted by Gasteiger charge is 2.25. The lowest BCUT2D eigenvalue weighted by Crippen LogP contribution is -2.37. The van der Waals surface area contributed by atoms with Crippen LogP contribution in [0, 0.1) is 5.92 Å². The summed E-state index contributed by atoms with van der Waals surface area (Å²) >= 11 is 3.42. The highest BCUT2D eigenvalue weighted by atomic mass is 79.9. The van der Waals surface area contributed by atoms with E-state index in [-0.39, 0.29) is 5.91 Å². The van der Waals surface area contributed by atoms with Crippen LogP contribution >= 0.6 is 15.9 Å². The predicted octanol–water partition coefficient (Wildman–Crippen LogP) is 2.11. The standard InChI is InChI=1S/C12H18BrN3O/c1-8(2)6-11(17)16-5-4-9-10(7-16)15(3)12(13)14-9/h8H,4-7H2,1-3H3. The molecule has 1 amide bonds. The normalized spacial score (nSPS) is 15.2. The fraction of sp³-hybridized carbons (Fsp3) is 0.667. The summed E-state index contributed by atoms with van der Waals surface area (Å²) < 4.78 is 2.87. The van der Waals surface area contributed by atoms with Crippen molar-refractivity contribution in [2.24, 2.45) is 13.0 Å². The number of halogens is 1. The van der Waals surface area contributed by atoms with Crippen LogP contribution in [-0.4, -0.2) is 26.9 Å². The Kier molecular flexibility index (Phi) is 3.56. The monoisotopic (exact) mass is 299 g/mol. The fourth-order valence-corrected chi connectivity index (χ4v) is 2.57. The van der Waals surface area contributed by atoms with E-state index >= 15 is 0 Å². The SMILES string of the molecule is CC(C)CC(=O)N1CCc2nc(Br)n(C)c2C1. The van der Waals surface area contributed by atoms with Crippen molar-refractivity contribution < 1.29 is 4.79 Å². The molecular formula is C12H18BrN3O. The molecule has 94 valence electrons. The maximum atomic E-state index is 12.0. The number of amides is 1. The zero-order valence-corrected chi connectivity index (χ0v) is 12.1. The van der Waals surface area contributed by atoms with Crippen LogP contribution in [-0.2, 0) is 24.8 Å². The molecule has 0 saturated heterocycles. The first kappa shape index (κ1) is 12.6. The van der Waals surface area contributed by atoms with Gasteiger partial charge in [-0.05, 0) is 21.8 Å². The van der Waals surface area contributed by atoms with Crippen molar-refractivity contribution in [1.82, 2.24) is 14.5 Å². The van der Waals surface area contributed by atoms with Gasteiger partial charge in [0.25, 0.3) is 0 Å². The molecule has 2 rings (SSSR count). The fourth-order valence-electron chi connectivity index (χ4n) is 2.15.